The second kappa shape index (κ2) is 5.00. The van der Waals surface area contributed by atoms with E-state index < -0.39 is 0 Å². The number of aromatic nitrogens is 3. The van der Waals surface area contributed by atoms with E-state index in [1.54, 1.807) is 0 Å². The topological polar surface area (TPSA) is 67.9 Å². The van der Waals surface area contributed by atoms with E-state index in [1.165, 1.54) is 0 Å². The molecular formula is C13H17N5. The van der Waals surface area contributed by atoms with Crippen molar-refractivity contribution in [2.45, 2.75) is 20.4 Å². The number of aryl methyl sites for hydroxylation is 2. The Balaban J connectivity index is 2.16. The molecular weight excluding hydrogens is 226 g/mol. The third-order valence-corrected chi connectivity index (χ3v) is 2.79. The Morgan fingerprint density at radius 2 is 1.94 bits per heavy atom. The van der Waals surface area contributed by atoms with Gasteiger partial charge in [-0.15, -0.1) is 5.10 Å². The smallest absolute Gasteiger partial charge is 0.245 e. The average molecular weight is 243 g/mol. The predicted molar refractivity (Wildman–Crippen MR) is 72.3 cm³/mol. The second-order valence-corrected chi connectivity index (χ2v) is 4.38. The van der Waals surface area contributed by atoms with Crippen LogP contribution in [0.4, 0.5) is 11.6 Å². The van der Waals surface area contributed by atoms with E-state index in [0.717, 1.165) is 22.6 Å². The summed E-state index contributed by atoms with van der Waals surface area (Å²) in [7, 11) is 1.94. The summed E-state index contributed by atoms with van der Waals surface area (Å²) in [6.45, 7) is 4.54. The lowest BCUT2D eigenvalue weighted by Crippen LogP contribution is -2.20. The normalized spacial score (nSPS) is 10.4. The maximum Gasteiger partial charge on any atom is 0.245 e. The van der Waals surface area contributed by atoms with Crippen LogP contribution in [0.3, 0.4) is 0 Å². The Hall–Kier alpha value is -2.17. The molecule has 94 valence electrons. The molecule has 2 N–H and O–H groups in total. The highest BCUT2D eigenvalue weighted by Crippen LogP contribution is 2.13. The van der Waals surface area contributed by atoms with Crippen LogP contribution in [0.5, 0.6) is 0 Å². The van der Waals surface area contributed by atoms with Crippen molar-refractivity contribution in [1.82, 2.24) is 15.2 Å². The van der Waals surface area contributed by atoms with Crippen molar-refractivity contribution in [3.63, 3.8) is 0 Å². The third-order valence-electron chi connectivity index (χ3n) is 2.79. The summed E-state index contributed by atoms with van der Waals surface area (Å²) in [6, 6.07) is 7.79. The van der Waals surface area contributed by atoms with Crippen LogP contribution < -0.4 is 10.6 Å². The van der Waals surface area contributed by atoms with Crippen molar-refractivity contribution in [1.29, 1.82) is 0 Å². The Morgan fingerprint density at radius 1 is 1.17 bits per heavy atom. The van der Waals surface area contributed by atoms with E-state index in [2.05, 4.69) is 15.2 Å². The molecule has 0 amide bonds. The van der Waals surface area contributed by atoms with Crippen molar-refractivity contribution in [2.75, 3.05) is 17.7 Å². The minimum Gasteiger partial charge on any atom is -0.399 e. The van der Waals surface area contributed by atoms with E-state index in [9.17, 15) is 0 Å². The second-order valence-electron chi connectivity index (χ2n) is 4.38. The van der Waals surface area contributed by atoms with Crippen LogP contribution >= 0.6 is 0 Å². The first-order valence-corrected chi connectivity index (χ1v) is 5.80. The van der Waals surface area contributed by atoms with Gasteiger partial charge in [0.15, 0.2) is 0 Å². The SMILES string of the molecule is Cc1nnc(N(C)Cc2cccc(N)c2)nc1C. The van der Waals surface area contributed by atoms with Gasteiger partial charge in [0.05, 0.1) is 11.4 Å². The Morgan fingerprint density at radius 3 is 2.61 bits per heavy atom. The van der Waals surface area contributed by atoms with Crippen LogP contribution in [0.15, 0.2) is 24.3 Å². The Kier molecular flexibility index (Phi) is 3.41. The third kappa shape index (κ3) is 2.74. The first kappa shape index (κ1) is 12.3. The van der Waals surface area contributed by atoms with Crippen LogP contribution in [0.25, 0.3) is 0 Å². The molecule has 0 spiro atoms. The number of hydrogen-bond donors (Lipinski definition) is 1. The highest BCUT2D eigenvalue weighted by atomic mass is 15.3. The van der Waals surface area contributed by atoms with Crippen LogP contribution in [0.1, 0.15) is 17.0 Å². The van der Waals surface area contributed by atoms with Gasteiger partial charge in [-0.2, -0.15) is 5.10 Å². The zero-order valence-corrected chi connectivity index (χ0v) is 10.9. The number of anilines is 2. The molecule has 1 aromatic heterocycles. The molecule has 0 aliphatic rings. The van der Waals surface area contributed by atoms with Crippen molar-refractivity contribution >= 4 is 11.6 Å². The molecule has 0 bridgehead atoms. The minimum absolute atomic E-state index is 0.625. The summed E-state index contributed by atoms with van der Waals surface area (Å²) < 4.78 is 0. The highest BCUT2D eigenvalue weighted by Gasteiger charge is 2.07. The van der Waals surface area contributed by atoms with Crippen molar-refractivity contribution in [3.8, 4) is 0 Å². The van der Waals surface area contributed by atoms with Gasteiger partial charge in [-0.05, 0) is 31.5 Å². The quantitative estimate of drug-likeness (QED) is 0.831. The molecule has 5 nitrogen and oxygen atoms in total. The van der Waals surface area contributed by atoms with Gasteiger partial charge in [0.1, 0.15) is 0 Å². The van der Waals surface area contributed by atoms with Gasteiger partial charge >= 0.3 is 0 Å². The molecule has 0 aliphatic carbocycles. The van der Waals surface area contributed by atoms with E-state index in [-0.39, 0.29) is 0 Å². The van der Waals surface area contributed by atoms with E-state index in [0.29, 0.717) is 12.5 Å². The fraction of sp³-hybridized carbons (Fsp3) is 0.308. The molecule has 0 unspecified atom stereocenters. The molecule has 0 saturated carbocycles. The van der Waals surface area contributed by atoms with Gasteiger partial charge in [-0.25, -0.2) is 4.98 Å². The van der Waals surface area contributed by atoms with Gasteiger partial charge in [0.25, 0.3) is 0 Å². The average Bonchev–Trinajstić information content (AvgIpc) is 2.32. The van der Waals surface area contributed by atoms with Gasteiger partial charge in [-0.1, -0.05) is 12.1 Å². The molecule has 0 fully saturated rings. The molecule has 0 radical (unpaired) electrons. The van der Waals surface area contributed by atoms with E-state index in [4.69, 9.17) is 5.73 Å². The number of nitrogens with two attached hydrogens (primary N) is 1. The highest BCUT2D eigenvalue weighted by molar-refractivity contribution is 5.42. The predicted octanol–water partition coefficient (Wildman–Crippen LogP) is 1.71. The molecule has 0 atom stereocenters. The zero-order chi connectivity index (χ0) is 13.1. The van der Waals surface area contributed by atoms with Crippen LogP contribution in [0.2, 0.25) is 0 Å². The van der Waals surface area contributed by atoms with Crippen LogP contribution in [0, 0.1) is 13.8 Å². The summed E-state index contributed by atoms with van der Waals surface area (Å²) in [5, 5.41) is 8.17. The van der Waals surface area contributed by atoms with Crippen LogP contribution in [-0.4, -0.2) is 22.2 Å². The molecule has 5 heteroatoms. The lowest BCUT2D eigenvalue weighted by Gasteiger charge is -2.17. The Bertz CT molecular complexity index is 553. The van der Waals surface area contributed by atoms with Gasteiger partial charge in [0, 0.05) is 19.3 Å². The summed E-state index contributed by atoms with van der Waals surface area (Å²) in [4.78, 5) is 6.36. The number of nitrogens with zero attached hydrogens (tertiary/aromatic N) is 4. The maximum absolute atomic E-state index is 5.75. The van der Waals surface area contributed by atoms with E-state index >= 15 is 0 Å². The first-order valence-electron chi connectivity index (χ1n) is 5.80. The maximum atomic E-state index is 5.75. The summed E-state index contributed by atoms with van der Waals surface area (Å²) in [5.41, 5.74) is 9.40. The lowest BCUT2D eigenvalue weighted by molar-refractivity contribution is 0.804. The first-order chi connectivity index (χ1) is 8.56. The molecule has 1 aromatic carbocycles. The monoisotopic (exact) mass is 243 g/mol. The fourth-order valence-electron chi connectivity index (χ4n) is 1.64. The number of rotatable bonds is 3. The summed E-state index contributed by atoms with van der Waals surface area (Å²) in [6.07, 6.45) is 0. The number of nitrogen functional groups attached to an aromatic ring is 1. The standard InChI is InChI=1S/C13H17N5/c1-9-10(2)16-17-13(15-9)18(3)8-11-5-4-6-12(14)7-11/h4-7H,8,14H2,1-3H3. The molecule has 18 heavy (non-hydrogen) atoms. The van der Waals surface area contributed by atoms with Gasteiger partial charge in [0.2, 0.25) is 5.95 Å². The Labute approximate surface area is 107 Å². The van der Waals surface area contributed by atoms with Crippen LogP contribution in [-0.2, 0) is 6.54 Å². The van der Waals surface area contributed by atoms with Crippen molar-refractivity contribution < 1.29 is 0 Å². The summed E-state index contributed by atoms with van der Waals surface area (Å²) in [5.74, 6) is 0.625. The molecule has 2 aromatic rings. The minimum atomic E-state index is 0.625. The molecule has 0 aliphatic heterocycles. The zero-order valence-electron chi connectivity index (χ0n) is 10.9. The number of hydrogen-bond acceptors (Lipinski definition) is 5. The molecule has 0 saturated heterocycles. The largest absolute Gasteiger partial charge is 0.399 e. The fourth-order valence-corrected chi connectivity index (χ4v) is 1.64. The summed E-state index contributed by atoms with van der Waals surface area (Å²) >= 11 is 0. The number of benzene rings is 1. The molecule has 2 rings (SSSR count). The lowest BCUT2D eigenvalue weighted by atomic mass is 10.2. The van der Waals surface area contributed by atoms with Gasteiger partial charge in [-0.3, -0.25) is 0 Å². The van der Waals surface area contributed by atoms with Gasteiger partial charge < -0.3 is 10.6 Å². The molecule has 1 heterocycles. The van der Waals surface area contributed by atoms with Crippen molar-refractivity contribution in [3.05, 3.63) is 41.2 Å². The van der Waals surface area contributed by atoms with Crippen molar-refractivity contribution in [2.24, 2.45) is 0 Å². The van der Waals surface area contributed by atoms with E-state index in [1.807, 2.05) is 50.1 Å².